The summed E-state index contributed by atoms with van der Waals surface area (Å²) < 4.78 is 29.0. The number of amides is 3. The molecule has 36 heavy (non-hydrogen) atoms. The molecule has 2 heterocycles. The second-order valence-electron chi connectivity index (χ2n) is 7.53. The number of nitro groups is 1. The van der Waals surface area contributed by atoms with Gasteiger partial charge in [0.15, 0.2) is 0 Å². The SMILES string of the molecule is COC(=O)c1ccc(CN2C(=O)NC(=Cc3cc([N+](=O)[O-])ccc3OCc3cccc(F)c3)C2=O)o1. The molecule has 12 heteroatoms. The maximum absolute atomic E-state index is 13.5. The molecule has 3 amide bonds. The Hall–Kier alpha value is -5.00. The number of ether oxygens (including phenoxy) is 2. The van der Waals surface area contributed by atoms with Crippen molar-refractivity contribution in [3.05, 3.63) is 98.9 Å². The van der Waals surface area contributed by atoms with Crippen molar-refractivity contribution >= 4 is 29.7 Å². The summed E-state index contributed by atoms with van der Waals surface area (Å²) in [5.74, 6) is -1.64. The summed E-state index contributed by atoms with van der Waals surface area (Å²) in [5, 5.41) is 13.7. The molecule has 1 aromatic heterocycles. The van der Waals surface area contributed by atoms with Gasteiger partial charge in [-0.25, -0.2) is 14.0 Å². The molecule has 11 nitrogen and oxygen atoms in total. The minimum Gasteiger partial charge on any atom is -0.488 e. The number of nitrogens with zero attached hydrogens (tertiary/aromatic N) is 2. The highest BCUT2D eigenvalue weighted by Gasteiger charge is 2.34. The summed E-state index contributed by atoms with van der Waals surface area (Å²) in [6, 6.07) is 11.5. The van der Waals surface area contributed by atoms with E-state index >= 15 is 0 Å². The van der Waals surface area contributed by atoms with Crippen LogP contribution in [0.5, 0.6) is 5.75 Å². The average molecular weight is 495 g/mol. The van der Waals surface area contributed by atoms with Gasteiger partial charge in [-0.2, -0.15) is 0 Å². The fourth-order valence-corrected chi connectivity index (χ4v) is 3.38. The van der Waals surface area contributed by atoms with Crippen molar-refractivity contribution in [3.8, 4) is 5.75 Å². The van der Waals surface area contributed by atoms with E-state index in [2.05, 4.69) is 10.1 Å². The van der Waals surface area contributed by atoms with Crippen molar-refractivity contribution in [2.45, 2.75) is 13.2 Å². The molecule has 1 N–H and O–H groups in total. The fourth-order valence-electron chi connectivity index (χ4n) is 3.38. The van der Waals surface area contributed by atoms with Gasteiger partial charge in [-0.15, -0.1) is 0 Å². The Labute approximate surface area is 202 Å². The molecule has 4 rings (SSSR count). The summed E-state index contributed by atoms with van der Waals surface area (Å²) in [7, 11) is 1.18. The molecule has 1 aliphatic rings. The van der Waals surface area contributed by atoms with Gasteiger partial charge in [0.1, 0.15) is 29.6 Å². The second-order valence-corrected chi connectivity index (χ2v) is 7.53. The standard InChI is InChI=1S/C24H18FN3O8/c1-34-23(30)21-8-6-18(36-21)12-27-22(29)19(26-24(27)31)11-15-10-17(28(32)33)5-7-20(15)35-13-14-3-2-4-16(25)9-14/h2-11H,12-13H2,1H3,(H,26,31). The Morgan fingerprint density at radius 3 is 2.72 bits per heavy atom. The second kappa shape index (κ2) is 10.1. The van der Waals surface area contributed by atoms with E-state index < -0.39 is 28.6 Å². The quantitative estimate of drug-likeness (QED) is 0.164. The number of benzene rings is 2. The van der Waals surface area contributed by atoms with Crippen molar-refractivity contribution in [1.29, 1.82) is 0 Å². The number of imide groups is 1. The number of methoxy groups -OCH3 is 1. The van der Waals surface area contributed by atoms with E-state index in [1.807, 2.05) is 0 Å². The Kier molecular flexibility index (Phi) is 6.77. The molecular formula is C24H18FN3O8. The fraction of sp³-hybridized carbons (Fsp3) is 0.125. The van der Waals surface area contributed by atoms with Gasteiger partial charge in [-0.1, -0.05) is 12.1 Å². The average Bonchev–Trinajstić information content (AvgIpc) is 3.43. The summed E-state index contributed by atoms with van der Waals surface area (Å²) >= 11 is 0. The molecule has 1 aliphatic heterocycles. The van der Waals surface area contributed by atoms with E-state index in [-0.39, 0.29) is 47.4 Å². The normalized spacial score (nSPS) is 14.2. The molecule has 0 unspecified atom stereocenters. The van der Waals surface area contributed by atoms with Crippen LogP contribution in [0.3, 0.4) is 0 Å². The third-order valence-corrected chi connectivity index (χ3v) is 5.11. The minimum atomic E-state index is -0.755. The molecule has 184 valence electrons. The number of hydrogen-bond acceptors (Lipinski definition) is 8. The van der Waals surface area contributed by atoms with Gasteiger partial charge in [0, 0.05) is 17.7 Å². The van der Waals surface area contributed by atoms with Gasteiger partial charge >= 0.3 is 12.0 Å². The smallest absolute Gasteiger partial charge is 0.373 e. The van der Waals surface area contributed by atoms with Gasteiger partial charge < -0.3 is 19.2 Å². The van der Waals surface area contributed by atoms with E-state index in [9.17, 15) is 28.9 Å². The number of nitro benzene ring substituents is 1. The molecule has 0 bridgehead atoms. The number of esters is 1. The number of furan rings is 1. The van der Waals surface area contributed by atoms with Crippen molar-refractivity contribution in [2.75, 3.05) is 7.11 Å². The number of nitrogens with one attached hydrogen (secondary N) is 1. The lowest BCUT2D eigenvalue weighted by atomic mass is 10.1. The highest BCUT2D eigenvalue weighted by atomic mass is 19.1. The lowest BCUT2D eigenvalue weighted by Gasteiger charge is -2.10. The first-order valence-corrected chi connectivity index (χ1v) is 10.4. The van der Waals surface area contributed by atoms with Crippen LogP contribution in [-0.4, -0.2) is 34.8 Å². The van der Waals surface area contributed by atoms with Gasteiger partial charge in [0.2, 0.25) is 5.76 Å². The van der Waals surface area contributed by atoms with Crippen LogP contribution in [0, 0.1) is 15.9 Å². The number of non-ortho nitro benzene ring substituents is 1. The van der Waals surface area contributed by atoms with Crippen molar-refractivity contribution in [3.63, 3.8) is 0 Å². The highest BCUT2D eigenvalue weighted by Crippen LogP contribution is 2.28. The summed E-state index contributed by atoms with van der Waals surface area (Å²) in [6.07, 6.45) is 1.25. The lowest BCUT2D eigenvalue weighted by molar-refractivity contribution is -0.384. The zero-order valence-corrected chi connectivity index (χ0v) is 18.7. The van der Waals surface area contributed by atoms with E-state index in [1.165, 1.54) is 61.7 Å². The summed E-state index contributed by atoms with van der Waals surface area (Å²) in [4.78, 5) is 48.4. The van der Waals surface area contributed by atoms with Crippen LogP contribution in [0.1, 0.15) is 27.4 Å². The molecule has 3 aromatic rings. The Bertz CT molecular complexity index is 1400. The predicted molar refractivity (Wildman–Crippen MR) is 121 cm³/mol. The summed E-state index contributed by atoms with van der Waals surface area (Å²) in [6.45, 7) is -0.309. The number of carbonyl (C=O) groups excluding carboxylic acids is 3. The van der Waals surface area contributed by atoms with Crippen LogP contribution in [0.15, 0.2) is 64.7 Å². The van der Waals surface area contributed by atoms with E-state index in [4.69, 9.17) is 9.15 Å². The van der Waals surface area contributed by atoms with E-state index in [0.717, 1.165) is 4.90 Å². The van der Waals surface area contributed by atoms with Crippen molar-refractivity contribution < 1.29 is 37.6 Å². The molecule has 0 radical (unpaired) electrons. The monoisotopic (exact) mass is 495 g/mol. The van der Waals surface area contributed by atoms with E-state index in [1.54, 1.807) is 6.07 Å². The number of halogens is 1. The van der Waals surface area contributed by atoms with Crippen molar-refractivity contribution in [2.24, 2.45) is 0 Å². The Morgan fingerprint density at radius 1 is 1.19 bits per heavy atom. The van der Waals surface area contributed by atoms with Crippen molar-refractivity contribution in [1.82, 2.24) is 10.2 Å². The lowest BCUT2D eigenvalue weighted by Crippen LogP contribution is -2.30. The highest BCUT2D eigenvalue weighted by molar-refractivity contribution is 6.14. The number of urea groups is 1. The van der Waals surface area contributed by atoms with Crippen LogP contribution in [0.4, 0.5) is 14.9 Å². The number of hydrogen-bond donors (Lipinski definition) is 1. The Balaban J connectivity index is 1.58. The molecule has 0 saturated carbocycles. The molecule has 1 saturated heterocycles. The first-order valence-electron chi connectivity index (χ1n) is 10.4. The van der Waals surface area contributed by atoms with Crippen LogP contribution < -0.4 is 10.1 Å². The minimum absolute atomic E-state index is 0.0425. The first-order chi connectivity index (χ1) is 17.2. The topological polar surface area (TPSA) is 141 Å². The molecule has 0 atom stereocenters. The number of rotatable bonds is 8. The Morgan fingerprint density at radius 2 is 2.00 bits per heavy atom. The molecular weight excluding hydrogens is 477 g/mol. The zero-order valence-electron chi connectivity index (χ0n) is 18.7. The third-order valence-electron chi connectivity index (χ3n) is 5.11. The maximum Gasteiger partial charge on any atom is 0.373 e. The van der Waals surface area contributed by atoms with Crippen LogP contribution in [0.25, 0.3) is 6.08 Å². The predicted octanol–water partition coefficient (Wildman–Crippen LogP) is 3.79. The molecule has 0 spiro atoms. The maximum atomic E-state index is 13.5. The third kappa shape index (κ3) is 5.22. The largest absolute Gasteiger partial charge is 0.488 e. The first kappa shape index (κ1) is 24.1. The van der Waals surface area contributed by atoms with Crippen LogP contribution in [-0.2, 0) is 22.7 Å². The molecule has 1 fully saturated rings. The van der Waals surface area contributed by atoms with Gasteiger partial charge in [0.05, 0.1) is 18.6 Å². The zero-order chi connectivity index (χ0) is 25.8. The summed E-state index contributed by atoms with van der Waals surface area (Å²) in [5.41, 5.74) is 0.251. The van der Waals surface area contributed by atoms with Gasteiger partial charge in [-0.3, -0.25) is 19.8 Å². The molecule has 2 aromatic carbocycles. The van der Waals surface area contributed by atoms with E-state index in [0.29, 0.717) is 5.56 Å². The van der Waals surface area contributed by atoms with Gasteiger partial charge in [-0.05, 0) is 42.0 Å². The van der Waals surface area contributed by atoms with Crippen LogP contribution in [0.2, 0.25) is 0 Å². The number of carbonyl (C=O) groups is 3. The van der Waals surface area contributed by atoms with Gasteiger partial charge in [0.25, 0.3) is 11.6 Å². The van der Waals surface area contributed by atoms with Crippen LogP contribution >= 0.6 is 0 Å². The molecule has 0 aliphatic carbocycles.